The van der Waals surface area contributed by atoms with Gasteiger partial charge in [0.25, 0.3) is 0 Å². The zero-order valence-electron chi connectivity index (χ0n) is 20.5. The first-order valence-corrected chi connectivity index (χ1v) is 13.5. The molecule has 0 fully saturated rings. The molecule has 2 unspecified atom stereocenters. The first-order valence-electron chi connectivity index (χ1n) is 11.1. The van der Waals surface area contributed by atoms with Gasteiger partial charge in [0.2, 0.25) is 0 Å². The Morgan fingerprint density at radius 2 is 1.73 bits per heavy atom. The van der Waals surface area contributed by atoms with Crippen LogP contribution in [0.5, 0.6) is 0 Å². The first kappa shape index (κ1) is 27.4. The fraction of sp³-hybridized carbons (Fsp3) is 0.444. The minimum Gasteiger partial charge on any atom is -0.422 e. The molecule has 0 aliphatic rings. The van der Waals surface area contributed by atoms with E-state index >= 15 is 0 Å². The summed E-state index contributed by atoms with van der Waals surface area (Å²) in [5.41, 5.74) is 3.40. The second-order valence-electron chi connectivity index (χ2n) is 8.57. The summed E-state index contributed by atoms with van der Waals surface area (Å²) in [6.45, 7) is 9.37. The Bertz CT molecular complexity index is 892. The lowest BCUT2D eigenvalue weighted by Crippen LogP contribution is -2.27. The third-order valence-corrected chi connectivity index (χ3v) is 8.74. The quantitative estimate of drug-likeness (QED) is 0.171. The van der Waals surface area contributed by atoms with E-state index in [1.807, 2.05) is 59.9 Å². The minimum atomic E-state index is -0.401. The maximum Gasteiger partial charge on any atom is 0.411 e. The first-order chi connectivity index (χ1) is 15.7. The molecule has 33 heavy (non-hydrogen) atoms. The van der Waals surface area contributed by atoms with E-state index in [9.17, 15) is 4.79 Å². The van der Waals surface area contributed by atoms with Gasteiger partial charge in [-0.15, -0.1) is 6.58 Å². The van der Waals surface area contributed by atoms with Gasteiger partial charge in [-0.3, -0.25) is 0 Å². The third-order valence-electron chi connectivity index (χ3n) is 6.09. The molecule has 0 spiro atoms. The second-order valence-corrected chi connectivity index (χ2v) is 11.2. The number of ether oxygens (including phenoxy) is 2. The highest BCUT2D eigenvalue weighted by atomic mass is 32.2. The maximum absolute atomic E-state index is 12.2. The zero-order chi connectivity index (χ0) is 24.3. The van der Waals surface area contributed by atoms with Crippen molar-refractivity contribution in [1.82, 2.24) is 4.90 Å². The topological polar surface area (TPSA) is 38.8 Å². The molecule has 0 aliphatic heterocycles. The van der Waals surface area contributed by atoms with Gasteiger partial charge in [0.1, 0.15) is 0 Å². The Balaban J connectivity index is 1.87. The van der Waals surface area contributed by atoms with Crippen LogP contribution < -0.4 is 0 Å². The van der Waals surface area contributed by atoms with Crippen molar-refractivity contribution in [3.63, 3.8) is 0 Å². The van der Waals surface area contributed by atoms with Gasteiger partial charge in [0, 0.05) is 23.1 Å². The van der Waals surface area contributed by atoms with E-state index in [0.29, 0.717) is 13.2 Å². The molecule has 180 valence electrons. The summed E-state index contributed by atoms with van der Waals surface area (Å²) in [4.78, 5) is 13.7. The van der Waals surface area contributed by atoms with Crippen LogP contribution in [-0.4, -0.2) is 42.1 Å². The summed E-state index contributed by atoms with van der Waals surface area (Å²) in [6.07, 6.45) is 8.07. The molecule has 2 atom stereocenters. The molecular weight excluding hydrogens is 450 g/mol. The molecular formula is C27H37NO3S2. The fourth-order valence-electron chi connectivity index (χ4n) is 3.41. The average molecular weight is 488 g/mol. The molecule has 0 saturated carbocycles. The molecule has 0 N–H and O–H groups in total. The van der Waals surface area contributed by atoms with Crippen LogP contribution in [-0.2, 0) is 27.4 Å². The standard InChI is InChI=1S/C27H37NO3S2/c1-7-26(2,32-5)16-17-27(3,33-6)24-15-11-14-23(18-24)20-30-21-31-25(29)28(4)19-22-12-9-8-10-13-22/h7-15,18H,1,16-17,19-21H2,2-6H3. The molecule has 6 heteroatoms. The summed E-state index contributed by atoms with van der Waals surface area (Å²) >= 11 is 3.72. The smallest absolute Gasteiger partial charge is 0.411 e. The van der Waals surface area contributed by atoms with Gasteiger partial charge in [-0.2, -0.15) is 23.5 Å². The van der Waals surface area contributed by atoms with Gasteiger partial charge >= 0.3 is 6.09 Å². The SMILES string of the molecule is C=CC(C)(CCC(C)(SC)c1cccc(COCOC(=O)N(C)Cc2ccccc2)c1)SC. The van der Waals surface area contributed by atoms with Crippen LogP contribution in [0.2, 0.25) is 0 Å². The molecule has 0 heterocycles. The van der Waals surface area contributed by atoms with Crippen molar-refractivity contribution in [3.8, 4) is 0 Å². The van der Waals surface area contributed by atoms with E-state index in [4.69, 9.17) is 9.47 Å². The van der Waals surface area contributed by atoms with Gasteiger partial charge in [-0.1, -0.05) is 60.7 Å². The molecule has 0 aliphatic carbocycles. The summed E-state index contributed by atoms with van der Waals surface area (Å²) < 4.78 is 11.0. The molecule has 0 aromatic heterocycles. The molecule has 0 saturated heterocycles. The largest absolute Gasteiger partial charge is 0.422 e. The highest BCUT2D eigenvalue weighted by Crippen LogP contribution is 2.42. The highest BCUT2D eigenvalue weighted by Gasteiger charge is 2.29. The van der Waals surface area contributed by atoms with E-state index in [2.05, 4.69) is 57.2 Å². The van der Waals surface area contributed by atoms with Crippen LogP contribution >= 0.6 is 23.5 Å². The zero-order valence-corrected chi connectivity index (χ0v) is 22.1. The number of carbonyl (C=O) groups excluding carboxylic acids is 1. The molecule has 2 aromatic carbocycles. The number of rotatable bonds is 13. The van der Waals surface area contributed by atoms with Crippen molar-refractivity contribution < 1.29 is 14.3 Å². The van der Waals surface area contributed by atoms with Crippen LogP contribution in [0, 0.1) is 0 Å². The van der Waals surface area contributed by atoms with Crippen molar-refractivity contribution in [3.05, 3.63) is 83.9 Å². The third kappa shape index (κ3) is 8.43. The molecule has 2 rings (SSSR count). The highest BCUT2D eigenvalue weighted by molar-refractivity contribution is 8.00. The van der Waals surface area contributed by atoms with Crippen molar-refractivity contribution in [2.75, 3.05) is 26.4 Å². The number of amides is 1. The molecule has 4 nitrogen and oxygen atoms in total. The van der Waals surface area contributed by atoms with Crippen LogP contribution in [0.25, 0.3) is 0 Å². The van der Waals surface area contributed by atoms with Gasteiger partial charge in [0.15, 0.2) is 6.79 Å². The van der Waals surface area contributed by atoms with Crippen LogP contribution in [0.3, 0.4) is 0 Å². The minimum absolute atomic E-state index is 0.00261. The van der Waals surface area contributed by atoms with E-state index in [1.54, 1.807) is 7.05 Å². The maximum atomic E-state index is 12.2. The van der Waals surface area contributed by atoms with Gasteiger partial charge < -0.3 is 14.4 Å². The van der Waals surface area contributed by atoms with Crippen molar-refractivity contribution in [2.45, 2.75) is 49.3 Å². The Labute approximate surface area is 208 Å². The number of carbonyl (C=O) groups is 1. The Kier molecular flexibility index (Phi) is 10.9. The molecule has 0 bridgehead atoms. The predicted molar refractivity (Wildman–Crippen MR) is 143 cm³/mol. The van der Waals surface area contributed by atoms with Gasteiger partial charge in [-0.25, -0.2) is 4.79 Å². The van der Waals surface area contributed by atoms with E-state index < -0.39 is 6.09 Å². The predicted octanol–water partition coefficient (Wildman–Crippen LogP) is 7.10. The number of nitrogens with zero attached hydrogens (tertiary/aromatic N) is 1. The number of hydrogen-bond donors (Lipinski definition) is 0. The number of thioether (sulfide) groups is 2. The normalized spacial score (nSPS) is 14.7. The Hall–Kier alpha value is -1.89. The summed E-state index contributed by atoms with van der Waals surface area (Å²) in [5, 5.41) is 0. The fourth-order valence-corrected chi connectivity index (χ4v) is 4.55. The lowest BCUT2D eigenvalue weighted by Gasteiger charge is -2.33. The lowest BCUT2D eigenvalue weighted by atomic mass is 9.90. The van der Waals surface area contributed by atoms with E-state index in [1.165, 1.54) is 10.5 Å². The summed E-state index contributed by atoms with van der Waals surface area (Å²) in [6, 6.07) is 18.3. The summed E-state index contributed by atoms with van der Waals surface area (Å²) in [5.74, 6) is 0. The second kappa shape index (κ2) is 13.1. The van der Waals surface area contributed by atoms with Gasteiger partial charge in [-0.05, 0) is 55.9 Å². The monoisotopic (exact) mass is 487 g/mol. The Morgan fingerprint density at radius 3 is 2.36 bits per heavy atom. The van der Waals surface area contributed by atoms with Crippen LogP contribution in [0.1, 0.15) is 43.4 Å². The average Bonchev–Trinajstić information content (AvgIpc) is 2.85. The molecule has 1 amide bonds. The molecule has 2 aromatic rings. The van der Waals surface area contributed by atoms with E-state index in [-0.39, 0.29) is 16.3 Å². The number of hydrogen-bond acceptors (Lipinski definition) is 5. The van der Waals surface area contributed by atoms with E-state index in [0.717, 1.165) is 24.0 Å². The van der Waals surface area contributed by atoms with Gasteiger partial charge in [0.05, 0.1) is 6.61 Å². The summed E-state index contributed by atoms with van der Waals surface area (Å²) in [7, 11) is 1.72. The molecule has 0 radical (unpaired) electrons. The Morgan fingerprint density at radius 1 is 1.03 bits per heavy atom. The van der Waals surface area contributed by atoms with Crippen molar-refractivity contribution in [1.29, 1.82) is 0 Å². The number of benzene rings is 2. The van der Waals surface area contributed by atoms with Crippen molar-refractivity contribution >= 4 is 29.6 Å². The van der Waals surface area contributed by atoms with Crippen LogP contribution in [0.4, 0.5) is 4.79 Å². The lowest BCUT2D eigenvalue weighted by molar-refractivity contribution is -0.0339. The van der Waals surface area contributed by atoms with Crippen LogP contribution in [0.15, 0.2) is 67.3 Å². The van der Waals surface area contributed by atoms with Crippen molar-refractivity contribution in [2.24, 2.45) is 0 Å².